The van der Waals surface area contributed by atoms with E-state index in [9.17, 15) is 22.8 Å². The third kappa shape index (κ3) is 2.03. The number of carboxylic acid groups (broad SMARTS) is 1. The molecule has 1 aliphatic heterocycles. The second-order valence-corrected chi connectivity index (χ2v) is 3.84. The van der Waals surface area contributed by atoms with Gasteiger partial charge in [0.1, 0.15) is 0 Å². The molecule has 1 aromatic rings. The molecule has 1 aromatic carbocycles. The van der Waals surface area contributed by atoms with Gasteiger partial charge in [0.2, 0.25) is 0 Å². The number of carbonyl (C=O) groups excluding carboxylic acids is 1. The van der Waals surface area contributed by atoms with Gasteiger partial charge in [-0.25, -0.2) is 4.79 Å². The molecule has 0 saturated carbocycles. The molecular formula is C11H8F3NO3. The first-order valence-corrected chi connectivity index (χ1v) is 5.05. The molecule has 1 N–H and O–H groups in total. The van der Waals surface area contributed by atoms with Crippen molar-refractivity contribution in [3.8, 4) is 0 Å². The van der Waals surface area contributed by atoms with Gasteiger partial charge < -0.3 is 5.11 Å². The van der Waals surface area contributed by atoms with Crippen molar-refractivity contribution in [1.82, 2.24) is 0 Å². The van der Waals surface area contributed by atoms with Crippen molar-refractivity contribution in [1.29, 1.82) is 0 Å². The third-order valence-corrected chi connectivity index (χ3v) is 2.71. The van der Waals surface area contributed by atoms with Gasteiger partial charge in [-0.3, -0.25) is 9.69 Å². The van der Waals surface area contributed by atoms with E-state index in [2.05, 4.69) is 0 Å². The molecule has 2 rings (SSSR count). The number of rotatable bonds is 0. The number of hydrogen-bond acceptors (Lipinski definition) is 2. The average Bonchev–Trinajstić information content (AvgIpc) is 2.27. The van der Waals surface area contributed by atoms with Crippen molar-refractivity contribution in [2.45, 2.75) is 12.6 Å². The first-order valence-electron chi connectivity index (χ1n) is 5.05. The molecule has 1 aliphatic rings. The Bertz CT molecular complexity index is 525. The van der Waals surface area contributed by atoms with E-state index >= 15 is 0 Å². The van der Waals surface area contributed by atoms with Crippen molar-refractivity contribution in [2.75, 3.05) is 11.4 Å². The van der Waals surface area contributed by atoms with E-state index in [1.807, 2.05) is 0 Å². The topological polar surface area (TPSA) is 57.6 Å². The van der Waals surface area contributed by atoms with Gasteiger partial charge in [-0.15, -0.1) is 0 Å². The zero-order chi connectivity index (χ0) is 13.5. The van der Waals surface area contributed by atoms with Crippen LogP contribution < -0.4 is 4.90 Å². The van der Waals surface area contributed by atoms with Crippen LogP contribution in [0.4, 0.5) is 23.7 Å². The van der Waals surface area contributed by atoms with Crippen LogP contribution in [0, 0.1) is 0 Å². The number of anilines is 1. The third-order valence-electron chi connectivity index (χ3n) is 2.71. The lowest BCUT2D eigenvalue weighted by molar-refractivity contribution is -0.137. The summed E-state index contributed by atoms with van der Waals surface area (Å²) in [6.07, 6.45) is -5.97. The highest BCUT2D eigenvalue weighted by molar-refractivity contribution is 6.07. The van der Waals surface area contributed by atoms with Crippen LogP contribution in [-0.4, -0.2) is 23.5 Å². The Labute approximate surface area is 99.6 Å². The maximum atomic E-state index is 12.5. The van der Waals surface area contributed by atoms with Gasteiger partial charge in [0.25, 0.3) is 0 Å². The first kappa shape index (κ1) is 12.4. The standard InChI is InChI=1S/C11H8F3NO3/c12-11(13,14)6-1-2-7-8(5-6)15(10(17)18)4-3-9(7)16/h1-2,5H,3-4H2,(H,17,18). The van der Waals surface area contributed by atoms with Crippen LogP contribution in [-0.2, 0) is 6.18 Å². The summed E-state index contributed by atoms with van der Waals surface area (Å²) in [6, 6.07) is 2.50. The quantitative estimate of drug-likeness (QED) is 0.779. The van der Waals surface area contributed by atoms with Crippen LogP contribution in [0.2, 0.25) is 0 Å². The van der Waals surface area contributed by atoms with Crippen LogP contribution in [0.15, 0.2) is 18.2 Å². The maximum absolute atomic E-state index is 12.5. The fourth-order valence-electron chi connectivity index (χ4n) is 1.83. The van der Waals surface area contributed by atoms with Crippen molar-refractivity contribution in [3.63, 3.8) is 0 Å². The summed E-state index contributed by atoms with van der Waals surface area (Å²) in [5, 5.41) is 8.90. The van der Waals surface area contributed by atoms with E-state index in [1.54, 1.807) is 0 Å². The smallest absolute Gasteiger partial charge is 0.416 e. The second-order valence-electron chi connectivity index (χ2n) is 3.84. The summed E-state index contributed by atoms with van der Waals surface area (Å²) in [5.41, 5.74) is -1.16. The summed E-state index contributed by atoms with van der Waals surface area (Å²) in [7, 11) is 0. The van der Waals surface area contributed by atoms with E-state index in [4.69, 9.17) is 5.11 Å². The Kier molecular flexibility index (Phi) is 2.76. The van der Waals surface area contributed by atoms with Crippen LogP contribution in [0.25, 0.3) is 0 Å². The van der Waals surface area contributed by atoms with E-state index in [0.29, 0.717) is 6.07 Å². The Morgan fingerprint density at radius 1 is 1.33 bits per heavy atom. The Hall–Kier alpha value is -2.05. The molecule has 1 heterocycles. The molecule has 0 saturated heterocycles. The molecule has 0 unspecified atom stereocenters. The number of halogens is 3. The van der Waals surface area contributed by atoms with Crippen molar-refractivity contribution >= 4 is 17.6 Å². The highest BCUT2D eigenvalue weighted by Gasteiger charge is 2.34. The van der Waals surface area contributed by atoms with E-state index < -0.39 is 17.8 Å². The molecule has 1 amide bonds. The van der Waals surface area contributed by atoms with Crippen molar-refractivity contribution in [3.05, 3.63) is 29.3 Å². The van der Waals surface area contributed by atoms with Crippen LogP contribution in [0.5, 0.6) is 0 Å². The average molecular weight is 259 g/mol. The minimum absolute atomic E-state index is 0.0108. The van der Waals surface area contributed by atoms with Gasteiger partial charge in [0, 0.05) is 18.5 Å². The number of hydrogen-bond donors (Lipinski definition) is 1. The number of benzene rings is 1. The van der Waals surface area contributed by atoms with Gasteiger partial charge in [0.15, 0.2) is 5.78 Å². The van der Waals surface area contributed by atoms with E-state index in [-0.39, 0.29) is 30.0 Å². The summed E-state index contributed by atoms with van der Waals surface area (Å²) in [4.78, 5) is 23.2. The normalized spacial score (nSPS) is 15.5. The lowest BCUT2D eigenvalue weighted by Gasteiger charge is -2.26. The number of amides is 1. The Morgan fingerprint density at radius 2 is 2.00 bits per heavy atom. The molecule has 0 aromatic heterocycles. The molecule has 4 nitrogen and oxygen atoms in total. The number of Topliss-reactive ketones (excluding diaryl/α,β-unsaturated/α-hetero) is 1. The van der Waals surface area contributed by atoms with Crippen LogP contribution in [0.1, 0.15) is 22.3 Å². The van der Waals surface area contributed by atoms with Gasteiger partial charge in [-0.1, -0.05) is 0 Å². The predicted molar refractivity (Wildman–Crippen MR) is 55.8 cm³/mol. The van der Waals surface area contributed by atoms with Gasteiger partial charge in [0.05, 0.1) is 11.3 Å². The second kappa shape index (κ2) is 4.01. The number of fused-ring (bicyclic) bond motifs is 1. The molecule has 96 valence electrons. The summed E-state index contributed by atoms with van der Waals surface area (Å²) >= 11 is 0. The van der Waals surface area contributed by atoms with Gasteiger partial charge >= 0.3 is 12.3 Å². The monoisotopic (exact) mass is 259 g/mol. The summed E-state index contributed by atoms with van der Waals surface area (Å²) in [5.74, 6) is -0.351. The molecule has 0 radical (unpaired) electrons. The molecule has 0 bridgehead atoms. The van der Waals surface area contributed by atoms with Crippen LogP contribution in [0.3, 0.4) is 0 Å². The lowest BCUT2D eigenvalue weighted by atomic mass is 9.98. The highest BCUT2D eigenvalue weighted by Crippen LogP contribution is 2.35. The Balaban J connectivity index is 2.57. The van der Waals surface area contributed by atoms with Gasteiger partial charge in [-0.2, -0.15) is 13.2 Å². The predicted octanol–water partition coefficient (Wildman–Crippen LogP) is 2.78. The highest BCUT2D eigenvalue weighted by atomic mass is 19.4. The molecule has 0 spiro atoms. The lowest BCUT2D eigenvalue weighted by Crippen LogP contribution is -2.36. The fourth-order valence-corrected chi connectivity index (χ4v) is 1.83. The molecule has 7 heteroatoms. The zero-order valence-electron chi connectivity index (χ0n) is 8.99. The summed E-state index contributed by atoms with van der Waals surface area (Å²) in [6.45, 7) is -0.123. The van der Waals surface area contributed by atoms with Crippen molar-refractivity contribution < 1.29 is 27.9 Å². The molecule has 0 fully saturated rings. The largest absolute Gasteiger partial charge is 0.465 e. The summed E-state index contributed by atoms with van der Waals surface area (Å²) < 4.78 is 37.6. The first-order chi connectivity index (χ1) is 8.30. The number of carbonyl (C=O) groups is 2. The molecule has 18 heavy (non-hydrogen) atoms. The van der Waals surface area contributed by atoms with E-state index in [1.165, 1.54) is 0 Å². The Morgan fingerprint density at radius 3 is 2.56 bits per heavy atom. The molecule has 0 atom stereocenters. The fraction of sp³-hybridized carbons (Fsp3) is 0.273. The number of nitrogens with zero attached hydrogens (tertiary/aromatic N) is 1. The molecular weight excluding hydrogens is 251 g/mol. The van der Waals surface area contributed by atoms with Crippen LogP contribution >= 0.6 is 0 Å². The minimum atomic E-state index is -4.57. The van der Waals surface area contributed by atoms with Gasteiger partial charge in [-0.05, 0) is 18.2 Å². The SMILES string of the molecule is O=C1CCN(C(=O)O)c2cc(C(F)(F)F)ccc21. The number of alkyl halides is 3. The van der Waals surface area contributed by atoms with E-state index in [0.717, 1.165) is 17.0 Å². The number of ketones is 1. The zero-order valence-corrected chi connectivity index (χ0v) is 8.99. The minimum Gasteiger partial charge on any atom is -0.465 e. The van der Waals surface area contributed by atoms with Crippen molar-refractivity contribution in [2.24, 2.45) is 0 Å². The molecule has 0 aliphatic carbocycles. The maximum Gasteiger partial charge on any atom is 0.416 e.